The van der Waals surface area contributed by atoms with Gasteiger partial charge in [0.15, 0.2) is 0 Å². The van der Waals surface area contributed by atoms with Crippen molar-refractivity contribution in [3.63, 3.8) is 0 Å². The van der Waals surface area contributed by atoms with Crippen LogP contribution in [0.25, 0.3) is 0 Å². The quantitative estimate of drug-likeness (QED) is 0.661. The van der Waals surface area contributed by atoms with Crippen LogP contribution in [-0.4, -0.2) is 40.6 Å². The first-order valence-corrected chi connectivity index (χ1v) is 7.64. The third-order valence-electron chi connectivity index (χ3n) is 3.00. The van der Waals surface area contributed by atoms with Gasteiger partial charge in [-0.15, -0.1) is 0 Å². The van der Waals surface area contributed by atoms with Gasteiger partial charge in [0.05, 0.1) is 6.61 Å². The number of benzene rings is 1. The van der Waals surface area contributed by atoms with E-state index in [-0.39, 0.29) is 6.04 Å². The number of rotatable bonds is 10. The van der Waals surface area contributed by atoms with Gasteiger partial charge >= 0.3 is 0 Å². The third-order valence-corrected chi connectivity index (χ3v) is 3.49. The molecule has 1 aromatic carbocycles. The first kappa shape index (κ1) is 17.4. The van der Waals surface area contributed by atoms with Crippen LogP contribution in [0, 0.1) is 0 Å². The molecule has 0 saturated heterocycles. The molecule has 1 rings (SSSR count). The van der Waals surface area contributed by atoms with Crippen LogP contribution in [0.1, 0.15) is 24.9 Å². The number of hydrogen-bond acceptors (Lipinski definition) is 4. The monoisotopic (exact) mass is 345 g/mol. The minimum absolute atomic E-state index is 0.251. The molecule has 1 atom stereocenters. The summed E-state index contributed by atoms with van der Waals surface area (Å²) in [5, 5.41) is 3.23. The van der Waals surface area contributed by atoms with Gasteiger partial charge in [-0.2, -0.15) is 0 Å². The molecule has 0 fully saturated rings. The van der Waals surface area contributed by atoms with E-state index in [4.69, 9.17) is 14.2 Å². The highest BCUT2D eigenvalue weighted by Crippen LogP contribution is 2.28. The number of halogens is 1. The van der Waals surface area contributed by atoms with Crippen molar-refractivity contribution in [3.05, 3.63) is 28.2 Å². The molecule has 0 aliphatic carbocycles. The Morgan fingerprint density at radius 1 is 1.20 bits per heavy atom. The van der Waals surface area contributed by atoms with E-state index in [1.54, 1.807) is 7.11 Å². The molecular formula is C15H24BrNO3. The lowest BCUT2D eigenvalue weighted by Gasteiger charge is -2.17. The highest BCUT2D eigenvalue weighted by Gasteiger charge is 2.10. The molecule has 0 aliphatic rings. The molecule has 4 nitrogen and oxygen atoms in total. The molecule has 1 aromatic rings. The van der Waals surface area contributed by atoms with Crippen LogP contribution in [0.4, 0.5) is 0 Å². The normalized spacial score (nSPS) is 12.4. The standard InChI is InChI=1S/C15H24BrNO3/c1-12(17-2)14-6-5-13(16)11-15(14)20-10-9-19-8-4-7-18-3/h5-6,11-12,17H,4,7-10H2,1-3H3. The zero-order chi connectivity index (χ0) is 14.8. The van der Waals surface area contributed by atoms with Gasteiger partial charge in [-0.3, -0.25) is 0 Å². The van der Waals surface area contributed by atoms with E-state index in [2.05, 4.69) is 34.2 Å². The van der Waals surface area contributed by atoms with Gasteiger partial charge in [-0.25, -0.2) is 0 Å². The maximum atomic E-state index is 5.82. The number of ether oxygens (including phenoxy) is 3. The lowest BCUT2D eigenvalue weighted by Crippen LogP contribution is -2.15. The van der Waals surface area contributed by atoms with Crippen LogP contribution in [0.3, 0.4) is 0 Å². The van der Waals surface area contributed by atoms with Crippen LogP contribution in [0.15, 0.2) is 22.7 Å². The molecule has 0 aliphatic heterocycles. The Bertz CT molecular complexity index is 387. The first-order chi connectivity index (χ1) is 9.69. The molecular weight excluding hydrogens is 322 g/mol. The number of hydrogen-bond donors (Lipinski definition) is 1. The molecule has 114 valence electrons. The fraction of sp³-hybridized carbons (Fsp3) is 0.600. The zero-order valence-electron chi connectivity index (χ0n) is 12.4. The predicted octanol–water partition coefficient (Wildman–Crippen LogP) is 3.16. The second-order valence-electron chi connectivity index (χ2n) is 4.50. The average Bonchev–Trinajstić information content (AvgIpc) is 2.45. The lowest BCUT2D eigenvalue weighted by atomic mass is 10.1. The fourth-order valence-corrected chi connectivity index (χ4v) is 2.10. The van der Waals surface area contributed by atoms with E-state index >= 15 is 0 Å². The third kappa shape index (κ3) is 6.22. The highest BCUT2D eigenvalue weighted by atomic mass is 79.9. The first-order valence-electron chi connectivity index (χ1n) is 6.85. The van der Waals surface area contributed by atoms with Gasteiger partial charge in [-0.05, 0) is 32.5 Å². The molecule has 1 unspecified atom stereocenters. The molecule has 0 saturated carbocycles. The van der Waals surface area contributed by atoms with Gasteiger partial charge < -0.3 is 19.5 Å². The smallest absolute Gasteiger partial charge is 0.125 e. The van der Waals surface area contributed by atoms with Crippen LogP contribution in [-0.2, 0) is 9.47 Å². The van der Waals surface area contributed by atoms with Gasteiger partial charge in [-0.1, -0.05) is 22.0 Å². The zero-order valence-corrected chi connectivity index (χ0v) is 14.0. The Labute approximate surface area is 129 Å². The largest absolute Gasteiger partial charge is 0.491 e. The summed E-state index contributed by atoms with van der Waals surface area (Å²) in [5.41, 5.74) is 1.15. The summed E-state index contributed by atoms with van der Waals surface area (Å²) in [6.45, 7) is 4.68. The highest BCUT2D eigenvalue weighted by molar-refractivity contribution is 9.10. The lowest BCUT2D eigenvalue weighted by molar-refractivity contribution is 0.0803. The van der Waals surface area contributed by atoms with Gasteiger partial charge in [0.1, 0.15) is 12.4 Å². The van der Waals surface area contributed by atoms with E-state index in [1.807, 2.05) is 19.2 Å². The van der Waals surface area contributed by atoms with E-state index in [0.717, 1.165) is 28.8 Å². The summed E-state index contributed by atoms with van der Waals surface area (Å²) < 4.78 is 17.3. The minimum Gasteiger partial charge on any atom is -0.491 e. The van der Waals surface area contributed by atoms with Crippen molar-refractivity contribution in [2.75, 3.05) is 40.6 Å². The van der Waals surface area contributed by atoms with Crippen LogP contribution < -0.4 is 10.1 Å². The Morgan fingerprint density at radius 3 is 2.70 bits per heavy atom. The van der Waals surface area contributed by atoms with Crippen molar-refractivity contribution in [1.82, 2.24) is 5.32 Å². The van der Waals surface area contributed by atoms with Crippen LogP contribution >= 0.6 is 15.9 Å². The average molecular weight is 346 g/mol. The molecule has 20 heavy (non-hydrogen) atoms. The van der Waals surface area contributed by atoms with Gasteiger partial charge in [0, 0.05) is 36.4 Å². The second-order valence-corrected chi connectivity index (χ2v) is 5.42. The van der Waals surface area contributed by atoms with Gasteiger partial charge in [0.25, 0.3) is 0 Å². The van der Waals surface area contributed by atoms with Crippen molar-refractivity contribution < 1.29 is 14.2 Å². The Hall–Kier alpha value is -0.620. The molecule has 0 bridgehead atoms. The molecule has 0 heterocycles. The summed E-state index contributed by atoms with van der Waals surface area (Å²) in [7, 11) is 3.64. The molecule has 5 heteroatoms. The van der Waals surface area contributed by atoms with Crippen molar-refractivity contribution in [3.8, 4) is 5.75 Å². The second kappa shape index (κ2) is 10.2. The van der Waals surface area contributed by atoms with Crippen molar-refractivity contribution in [2.45, 2.75) is 19.4 Å². The molecule has 0 aromatic heterocycles. The van der Waals surface area contributed by atoms with E-state index in [1.165, 1.54) is 0 Å². The van der Waals surface area contributed by atoms with Crippen molar-refractivity contribution in [1.29, 1.82) is 0 Å². The Morgan fingerprint density at radius 2 is 2.00 bits per heavy atom. The van der Waals surface area contributed by atoms with E-state index < -0.39 is 0 Å². The Balaban J connectivity index is 2.40. The summed E-state index contributed by atoms with van der Waals surface area (Å²) in [5.74, 6) is 0.890. The molecule has 1 N–H and O–H groups in total. The van der Waals surface area contributed by atoms with Crippen molar-refractivity contribution in [2.24, 2.45) is 0 Å². The summed E-state index contributed by atoms with van der Waals surface area (Å²) in [6.07, 6.45) is 0.912. The summed E-state index contributed by atoms with van der Waals surface area (Å²) in [6, 6.07) is 6.34. The topological polar surface area (TPSA) is 39.7 Å². The summed E-state index contributed by atoms with van der Waals surface area (Å²) >= 11 is 3.47. The fourth-order valence-electron chi connectivity index (χ4n) is 1.76. The summed E-state index contributed by atoms with van der Waals surface area (Å²) in [4.78, 5) is 0. The predicted molar refractivity (Wildman–Crippen MR) is 84.4 cm³/mol. The van der Waals surface area contributed by atoms with E-state index in [0.29, 0.717) is 19.8 Å². The molecule has 0 radical (unpaired) electrons. The SMILES string of the molecule is CNC(C)c1ccc(Br)cc1OCCOCCCOC. The maximum Gasteiger partial charge on any atom is 0.125 e. The molecule has 0 spiro atoms. The number of methoxy groups -OCH3 is 1. The van der Waals surface area contributed by atoms with E-state index in [9.17, 15) is 0 Å². The van der Waals surface area contributed by atoms with Gasteiger partial charge in [0.2, 0.25) is 0 Å². The maximum absolute atomic E-state index is 5.82. The van der Waals surface area contributed by atoms with Crippen molar-refractivity contribution >= 4 is 15.9 Å². The molecule has 0 amide bonds. The van der Waals surface area contributed by atoms with Crippen LogP contribution in [0.5, 0.6) is 5.75 Å². The minimum atomic E-state index is 0.251. The Kier molecular flexibility index (Phi) is 8.85. The van der Waals surface area contributed by atoms with Crippen LogP contribution in [0.2, 0.25) is 0 Å². The number of nitrogens with one attached hydrogen (secondary N) is 1.